The van der Waals surface area contributed by atoms with Crippen LogP contribution in [0, 0.1) is 0 Å². The van der Waals surface area contributed by atoms with Gasteiger partial charge >= 0.3 is 0 Å². The van der Waals surface area contributed by atoms with Gasteiger partial charge in [-0.15, -0.1) is 0 Å². The van der Waals surface area contributed by atoms with Gasteiger partial charge in [-0.05, 0) is 6.42 Å². The summed E-state index contributed by atoms with van der Waals surface area (Å²) >= 11 is 0. The lowest BCUT2D eigenvalue weighted by Crippen LogP contribution is -2.41. The highest BCUT2D eigenvalue weighted by Crippen LogP contribution is 2.15. The van der Waals surface area contributed by atoms with E-state index in [1.165, 1.54) is 0 Å². The number of ether oxygens (including phenoxy) is 2. The summed E-state index contributed by atoms with van der Waals surface area (Å²) in [5.74, 6) is 0. The van der Waals surface area contributed by atoms with Crippen molar-refractivity contribution in [3.63, 3.8) is 0 Å². The smallest absolute Gasteiger partial charge is 0.188 e. The Balaban J connectivity index is 2.02. The van der Waals surface area contributed by atoms with Gasteiger partial charge in [-0.1, -0.05) is 19.8 Å². The standard InChI is InChI=1S/C7H14O3/c1-2-3-4-6(8)7-9-5-10-7/h6-8H,2-5H2,1H3. The van der Waals surface area contributed by atoms with Crippen LogP contribution >= 0.6 is 0 Å². The molecule has 1 fully saturated rings. The van der Waals surface area contributed by atoms with Gasteiger partial charge in [0.05, 0.1) is 0 Å². The van der Waals surface area contributed by atoms with Crippen molar-refractivity contribution in [3.8, 4) is 0 Å². The molecule has 0 amide bonds. The van der Waals surface area contributed by atoms with E-state index in [1.807, 2.05) is 0 Å². The molecular weight excluding hydrogens is 132 g/mol. The fourth-order valence-electron chi connectivity index (χ4n) is 0.918. The number of aliphatic hydroxyl groups excluding tert-OH is 1. The molecular formula is C7H14O3. The molecule has 1 N–H and O–H groups in total. The minimum Gasteiger partial charge on any atom is -0.388 e. The fourth-order valence-corrected chi connectivity index (χ4v) is 0.918. The molecule has 1 aliphatic heterocycles. The van der Waals surface area contributed by atoms with Gasteiger partial charge in [0.1, 0.15) is 6.10 Å². The molecule has 0 bridgehead atoms. The molecule has 1 saturated heterocycles. The van der Waals surface area contributed by atoms with E-state index in [0.717, 1.165) is 19.3 Å². The maximum Gasteiger partial charge on any atom is 0.188 e. The predicted molar refractivity (Wildman–Crippen MR) is 36.4 cm³/mol. The molecule has 0 aromatic heterocycles. The molecule has 0 radical (unpaired) electrons. The lowest BCUT2D eigenvalue weighted by Gasteiger charge is -2.30. The van der Waals surface area contributed by atoms with Crippen molar-refractivity contribution in [2.24, 2.45) is 0 Å². The number of rotatable bonds is 4. The van der Waals surface area contributed by atoms with E-state index in [4.69, 9.17) is 9.47 Å². The molecule has 60 valence electrons. The SMILES string of the molecule is CCCCC(O)C1OCO1. The fraction of sp³-hybridized carbons (Fsp3) is 1.00. The van der Waals surface area contributed by atoms with Crippen LogP contribution in [0.1, 0.15) is 26.2 Å². The van der Waals surface area contributed by atoms with Crippen molar-refractivity contribution in [2.45, 2.75) is 38.6 Å². The van der Waals surface area contributed by atoms with Crippen molar-refractivity contribution in [2.75, 3.05) is 6.79 Å². The van der Waals surface area contributed by atoms with Crippen LogP contribution in [0.25, 0.3) is 0 Å². The minimum atomic E-state index is -0.423. The molecule has 3 nitrogen and oxygen atoms in total. The van der Waals surface area contributed by atoms with E-state index in [2.05, 4.69) is 6.92 Å². The molecule has 0 aromatic carbocycles. The lowest BCUT2D eigenvalue weighted by atomic mass is 10.1. The minimum absolute atomic E-state index is 0.341. The van der Waals surface area contributed by atoms with E-state index >= 15 is 0 Å². The second-order valence-electron chi connectivity index (χ2n) is 2.53. The number of hydrogen-bond acceptors (Lipinski definition) is 3. The monoisotopic (exact) mass is 146 g/mol. The summed E-state index contributed by atoms with van der Waals surface area (Å²) in [7, 11) is 0. The third-order valence-corrected chi connectivity index (χ3v) is 1.63. The topological polar surface area (TPSA) is 38.7 Å². The highest BCUT2D eigenvalue weighted by atomic mass is 16.9. The zero-order valence-electron chi connectivity index (χ0n) is 6.25. The molecule has 1 aliphatic rings. The molecule has 1 unspecified atom stereocenters. The normalized spacial score (nSPS) is 22.2. The average molecular weight is 146 g/mol. The first-order valence-corrected chi connectivity index (χ1v) is 3.76. The van der Waals surface area contributed by atoms with Crippen molar-refractivity contribution in [3.05, 3.63) is 0 Å². The van der Waals surface area contributed by atoms with Crippen LogP contribution in [0.15, 0.2) is 0 Å². The summed E-state index contributed by atoms with van der Waals surface area (Å²) in [6.45, 7) is 2.43. The van der Waals surface area contributed by atoms with Crippen LogP contribution in [0.4, 0.5) is 0 Å². The highest BCUT2D eigenvalue weighted by molar-refractivity contribution is 4.62. The van der Waals surface area contributed by atoms with Crippen LogP contribution in [0.5, 0.6) is 0 Å². The third-order valence-electron chi connectivity index (χ3n) is 1.63. The zero-order chi connectivity index (χ0) is 7.40. The molecule has 0 spiro atoms. The van der Waals surface area contributed by atoms with Crippen LogP contribution in [-0.2, 0) is 9.47 Å². The second kappa shape index (κ2) is 3.91. The van der Waals surface area contributed by atoms with E-state index < -0.39 is 6.10 Å². The first kappa shape index (κ1) is 7.98. The van der Waals surface area contributed by atoms with Gasteiger partial charge in [-0.3, -0.25) is 0 Å². The van der Waals surface area contributed by atoms with Gasteiger partial charge < -0.3 is 14.6 Å². The predicted octanol–water partition coefficient (Wildman–Crippen LogP) is 0.868. The average Bonchev–Trinajstić information content (AvgIpc) is 1.79. The largest absolute Gasteiger partial charge is 0.388 e. The van der Waals surface area contributed by atoms with Crippen molar-refractivity contribution < 1.29 is 14.6 Å². The Morgan fingerprint density at radius 2 is 2.30 bits per heavy atom. The Hall–Kier alpha value is -0.120. The van der Waals surface area contributed by atoms with Crippen LogP contribution in [0.3, 0.4) is 0 Å². The van der Waals surface area contributed by atoms with Crippen LogP contribution in [0.2, 0.25) is 0 Å². The molecule has 3 heteroatoms. The van der Waals surface area contributed by atoms with Crippen molar-refractivity contribution in [1.29, 1.82) is 0 Å². The zero-order valence-corrected chi connectivity index (χ0v) is 6.25. The Bertz CT molecular complexity index is 90.9. The molecule has 0 aromatic rings. The second-order valence-corrected chi connectivity index (χ2v) is 2.53. The van der Waals surface area contributed by atoms with E-state index in [1.54, 1.807) is 0 Å². The Labute approximate surface area is 60.9 Å². The maximum atomic E-state index is 9.25. The van der Waals surface area contributed by atoms with Gasteiger partial charge in [-0.25, -0.2) is 0 Å². The Kier molecular flexibility index (Phi) is 3.12. The van der Waals surface area contributed by atoms with E-state index in [0.29, 0.717) is 6.79 Å². The highest BCUT2D eigenvalue weighted by Gasteiger charge is 2.26. The molecule has 0 aliphatic carbocycles. The van der Waals surface area contributed by atoms with Crippen molar-refractivity contribution in [1.82, 2.24) is 0 Å². The van der Waals surface area contributed by atoms with Gasteiger partial charge in [0.25, 0.3) is 0 Å². The first-order valence-electron chi connectivity index (χ1n) is 3.76. The molecule has 1 rings (SSSR count). The summed E-state index contributed by atoms with van der Waals surface area (Å²) in [6.07, 6.45) is 2.15. The van der Waals surface area contributed by atoms with E-state index in [9.17, 15) is 5.11 Å². The lowest BCUT2D eigenvalue weighted by molar-refractivity contribution is -0.349. The number of unbranched alkanes of at least 4 members (excludes halogenated alkanes) is 1. The number of aliphatic hydroxyl groups is 1. The molecule has 1 heterocycles. The Morgan fingerprint density at radius 1 is 1.60 bits per heavy atom. The summed E-state index contributed by atoms with van der Waals surface area (Å²) in [6, 6.07) is 0. The van der Waals surface area contributed by atoms with Crippen molar-refractivity contribution >= 4 is 0 Å². The molecule has 0 saturated carbocycles. The van der Waals surface area contributed by atoms with Gasteiger partial charge in [-0.2, -0.15) is 0 Å². The summed E-state index contributed by atoms with van der Waals surface area (Å²) in [5.41, 5.74) is 0. The van der Waals surface area contributed by atoms with Gasteiger partial charge in [0, 0.05) is 0 Å². The maximum absolute atomic E-state index is 9.25. The Morgan fingerprint density at radius 3 is 2.70 bits per heavy atom. The first-order chi connectivity index (χ1) is 4.84. The third kappa shape index (κ3) is 1.94. The molecule has 1 atom stereocenters. The van der Waals surface area contributed by atoms with E-state index in [-0.39, 0.29) is 6.29 Å². The van der Waals surface area contributed by atoms with Crippen LogP contribution in [-0.4, -0.2) is 24.3 Å². The quantitative estimate of drug-likeness (QED) is 0.639. The summed E-state index contributed by atoms with van der Waals surface area (Å²) in [5, 5.41) is 9.25. The van der Waals surface area contributed by atoms with Crippen LogP contribution < -0.4 is 0 Å². The van der Waals surface area contributed by atoms with Gasteiger partial charge in [0.2, 0.25) is 0 Å². The number of hydrogen-bond donors (Lipinski definition) is 1. The summed E-state index contributed by atoms with van der Waals surface area (Å²) < 4.78 is 9.83. The van der Waals surface area contributed by atoms with Gasteiger partial charge in [0.15, 0.2) is 13.1 Å². The molecule has 10 heavy (non-hydrogen) atoms. The summed E-state index contributed by atoms with van der Waals surface area (Å²) in [4.78, 5) is 0.